The molecule has 0 aromatic heterocycles. The first kappa shape index (κ1) is 12.3. The summed E-state index contributed by atoms with van der Waals surface area (Å²) in [7, 11) is 1.42. The highest BCUT2D eigenvalue weighted by atomic mass is 19.4. The van der Waals surface area contributed by atoms with Crippen LogP contribution in [-0.2, 0) is 9.53 Å². The van der Waals surface area contributed by atoms with Crippen molar-refractivity contribution in [2.45, 2.75) is 12.3 Å². The molecule has 1 N–H and O–H groups in total. The summed E-state index contributed by atoms with van der Waals surface area (Å²) in [5.74, 6) is -0.387. The van der Waals surface area contributed by atoms with Gasteiger partial charge in [-0.15, -0.1) is 0 Å². The highest BCUT2D eigenvalue weighted by molar-refractivity contribution is 5.80. The molecule has 0 aromatic carbocycles. The number of alkyl halides is 3. The van der Waals surface area contributed by atoms with Crippen LogP contribution in [-0.4, -0.2) is 56.4 Å². The number of likely N-dealkylation sites (N-methyl/N-ethyl adjacent to an activating group) is 1. The summed E-state index contributed by atoms with van der Waals surface area (Å²) in [6, 6.07) is 0. The van der Waals surface area contributed by atoms with Crippen LogP contribution in [0.1, 0.15) is 0 Å². The number of halogens is 3. The molecule has 1 fully saturated rings. The largest absolute Gasteiger partial charge is 0.401 e. The third-order valence-electron chi connectivity index (χ3n) is 2.09. The summed E-state index contributed by atoms with van der Waals surface area (Å²) in [5, 5.41) is 2.35. The van der Waals surface area contributed by atoms with Crippen molar-refractivity contribution in [2.75, 3.05) is 33.3 Å². The van der Waals surface area contributed by atoms with E-state index in [1.54, 1.807) is 0 Å². The maximum Gasteiger partial charge on any atom is 0.401 e. The van der Waals surface area contributed by atoms with Crippen LogP contribution in [0.5, 0.6) is 0 Å². The predicted molar refractivity (Wildman–Crippen MR) is 46.3 cm³/mol. The molecule has 0 bridgehead atoms. The summed E-state index contributed by atoms with van der Waals surface area (Å²) >= 11 is 0. The Hall–Kier alpha value is -0.820. The summed E-state index contributed by atoms with van der Waals surface area (Å²) in [4.78, 5) is 12.3. The van der Waals surface area contributed by atoms with Gasteiger partial charge in [0, 0.05) is 20.1 Å². The van der Waals surface area contributed by atoms with Gasteiger partial charge in [0.05, 0.1) is 13.2 Å². The number of hydrogen-bond donors (Lipinski definition) is 1. The zero-order valence-electron chi connectivity index (χ0n) is 8.30. The van der Waals surface area contributed by atoms with E-state index in [0.717, 1.165) is 0 Å². The van der Waals surface area contributed by atoms with Crippen molar-refractivity contribution in [3.05, 3.63) is 0 Å². The third-order valence-corrected chi connectivity index (χ3v) is 2.09. The van der Waals surface area contributed by atoms with Crippen LogP contribution in [0, 0.1) is 0 Å². The Kier molecular flexibility index (Phi) is 3.92. The Balaban J connectivity index is 2.46. The van der Waals surface area contributed by atoms with Crippen LogP contribution < -0.4 is 5.32 Å². The molecule has 0 aromatic rings. The van der Waals surface area contributed by atoms with E-state index in [4.69, 9.17) is 4.74 Å². The van der Waals surface area contributed by atoms with E-state index in [2.05, 4.69) is 5.32 Å². The number of carbonyl (C=O) groups is 1. The molecule has 0 aliphatic carbocycles. The molecule has 1 aliphatic rings. The fraction of sp³-hybridized carbons (Fsp3) is 0.875. The number of nitrogens with zero attached hydrogens (tertiary/aromatic N) is 1. The first-order valence-electron chi connectivity index (χ1n) is 4.54. The second-order valence-corrected chi connectivity index (χ2v) is 3.32. The smallest absolute Gasteiger partial charge is 0.366 e. The first-order chi connectivity index (χ1) is 6.92. The SMILES string of the molecule is CNC(=O)C1CN(CC(F)(F)F)CCO1. The topological polar surface area (TPSA) is 41.6 Å². The molecule has 0 radical (unpaired) electrons. The van der Waals surface area contributed by atoms with Gasteiger partial charge in [0.1, 0.15) is 6.10 Å². The van der Waals surface area contributed by atoms with E-state index < -0.39 is 18.8 Å². The number of nitrogens with one attached hydrogen (secondary N) is 1. The Bertz CT molecular complexity index is 232. The van der Waals surface area contributed by atoms with E-state index in [1.165, 1.54) is 11.9 Å². The van der Waals surface area contributed by atoms with E-state index in [1.807, 2.05) is 0 Å². The lowest BCUT2D eigenvalue weighted by atomic mass is 10.2. The maximum atomic E-state index is 12.1. The Morgan fingerprint density at radius 1 is 1.60 bits per heavy atom. The average molecular weight is 226 g/mol. The van der Waals surface area contributed by atoms with Gasteiger partial charge >= 0.3 is 6.18 Å². The molecule has 1 unspecified atom stereocenters. The Morgan fingerprint density at radius 2 is 2.27 bits per heavy atom. The normalized spacial score (nSPS) is 23.9. The van der Waals surface area contributed by atoms with Gasteiger partial charge < -0.3 is 10.1 Å². The van der Waals surface area contributed by atoms with Gasteiger partial charge in [0.25, 0.3) is 0 Å². The molecule has 0 saturated carbocycles. The summed E-state index contributed by atoms with van der Waals surface area (Å²) in [5.41, 5.74) is 0. The number of hydrogen-bond acceptors (Lipinski definition) is 3. The standard InChI is InChI=1S/C8H13F3N2O2/c1-12-7(14)6-4-13(2-3-15-6)5-8(9,10)11/h6H,2-5H2,1H3,(H,12,14). The first-order valence-corrected chi connectivity index (χ1v) is 4.54. The van der Waals surface area contributed by atoms with Gasteiger partial charge in [-0.25, -0.2) is 0 Å². The van der Waals surface area contributed by atoms with Crippen molar-refractivity contribution in [3.63, 3.8) is 0 Å². The summed E-state index contributed by atoms with van der Waals surface area (Å²) in [6.07, 6.45) is -5.03. The van der Waals surface area contributed by atoms with Crippen LogP contribution in [0.2, 0.25) is 0 Å². The molecular formula is C8H13F3N2O2. The second kappa shape index (κ2) is 4.80. The number of ether oxygens (including phenoxy) is 1. The van der Waals surface area contributed by atoms with Gasteiger partial charge in [-0.2, -0.15) is 13.2 Å². The number of carbonyl (C=O) groups excluding carboxylic acids is 1. The summed E-state index contributed by atoms with van der Waals surface area (Å²) < 4.78 is 41.3. The molecular weight excluding hydrogens is 213 g/mol. The van der Waals surface area contributed by atoms with Crippen LogP contribution in [0.4, 0.5) is 13.2 Å². The molecule has 15 heavy (non-hydrogen) atoms. The number of morpholine rings is 1. The van der Waals surface area contributed by atoms with Crippen LogP contribution >= 0.6 is 0 Å². The third kappa shape index (κ3) is 4.05. The van der Waals surface area contributed by atoms with Gasteiger partial charge in [0.2, 0.25) is 5.91 Å². The fourth-order valence-corrected chi connectivity index (χ4v) is 1.42. The lowest BCUT2D eigenvalue weighted by molar-refractivity contribution is -0.164. The minimum absolute atomic E-state index is 0.0147. The Morgan fingerprint density at radius 3 is 2.80 bits per heavy atom. The van der Waals surface area contributed by atoms with Crippen LogP contribution in [0.15, 0.2) is 0 Å². The minimum Gasteiger partial charge on any atom is -0.366 e. The van der Waals surface area contributed by atoms with Crippen molar-refractivity contribution in [1.29, 1.82) is 0 Å². The van der Waals surface area contributed by atoms with Crippen LogP contribution in [0.3, 0.4) is 0 Å². The number of rotatable bonds is 2. The molecule has 1 saturated heterocycles. The van der Waals surface area contributed by atoms with E-state index in [-0.39, 0.29) is 25.6 Å². The van der Waals surface area contributed by atoms with Gasteiger partial charge in [-0.3, -0.25) is 9.69 Å². The minimum atomic E-state index is -4.23. The predicted octanol–water partition coefficient (Wildman–Crippen LogP) is -0.00450. The fourth-order valence-electron chi connectivity index (χ4n) is 1.42. The van der Waals surface area contributed by atoms with Crippen molar-refractivity contribution < 1.29 is 22.7 Å². The lowest BCUT2D eigenvalue weighted by Gasteiger charge is -2.32. The molecule has 4 nitrogen and oxygen atoms in total. The highest BCUT2D eigenvalue weighted by Crippen LogP contribution is 2.18. The maximum absolute atomic E-state index is 12.1. The van der Waals surface area contributed by atoms with Crippen molar-refractivity contribution in [3.8, 4) is 0 Å². The van der Waals surface area contributed by atoms with Crippen molar-refractivity contribution in [1.82, 2.24) is 10.2 Å². The second-order valence-electron chi connectivity index (χ2n) is 3.32. The van der Waals surface area contributed by atoms with Gasteiger partial charge in [-0.1, -0.05) is 0 Å². The van der Waals surface area contributed by atoms with Crippen molar-refractivity contribution >= 4 is 5.91 Å². The van der Waals surface area contributed by atoms with E-state index >= 15 is 0 Å². The molecule has 1 amide bonds. The van der Waals surface area contributed by atoms with E-state index in [0.29, 0.717) is 0 Å². The van der Waals surface area contributed by atoms with Gasteiger partial charge in [-0.05, 0) is 0 Å². The Labute approximate surface area is 85.4 Å². The quantitative estimate of drug-likeness (QED) is 0.720. The number of amides is 1. The zero-order valence-corrected chi connectivity index (χ0v) is 8.30. The molecule has 88 valence electrons. The van der Waals surface area contributed by atoms with Crippen molar-refractivity contribution in [2.24, 2.45) is 0 Å². The monoisotopic (exact) mass is 226 g/mol. The molecule has 7 heteroatoms. The average Bonchev–Trinajstić information content (AvgIpc) is 2.14. The molecule has 0 spiro atoms. The highest BCUT2D eigenvalue weighted by Gasteiger charge is 2.34. The molecule has 1 heterocycles. The summed E-state index contributed by atoms with van der Waals surface area (Å²) in [6.45, 7) is -0.662. The molecule has 1 aliphatic heterocycles. The van der Waals surface area contributed by atoms with E-state index in [9.17, 15) is 18.0 Å². The lowest BCUT2D eigenvalue weighted by Crippen LogP contribution is -2.51. The molecule has 1 rings (SSSR count). The zero-order chi connectivity index (χ0) is 11.5. The van der Waals surface area contributed by atoms with Crippen LogP contribution in [0.25, 0.3) is 0 Å². The van der Waals surface area contributed by atoms with Gasteiger partial charge in [0.15, 0.2) is 0 Å². The molecule has 1 atom stereocenters.